The van der Waals surface area contributed by atoms with Gasteiger partial charge in [0.15, 0.2) is 5.11 Å². The molecule has 4 aromatic carbocycles. The monoisotopic (exact) mass is 573 g/mol. The Bertz CT molecular complexity index is 1400. The number of rotatable bonds is 8. The van der Waals surface area contributed by atoms with Crippen molar-refractivity contribution < 1.29 is 14.3 Å². The van der Waals surface area contributed by atoms with Crippen LogP contribution in [-0.4, -0.2) is 23.5 Å². The molecule has 6 nitrogen and oxygen atoms in total. The first-order valence-corrected chi connectivity index (χ1v) is 12.7. The van der Waals surface area contributed by atoms with E-state index in [0.29, 0.717) is 41.3 Å². The second kappa shape index (κ2) is 12.8. The maximum Gasteiger partial charge on any atom is 0.261 e. The van der Waals surface area contributed by atoms with Gasteiger partial charge >= 0.3 is 0 Å². The van der Waals surface area contributed by atoms with Crippen LogP contribution in [0.2, 0.25) is 0 Å². The number of hydrogen-bond acceptors (Lipinski definition) is 4. The Balaban J connectivity index is 1.37. The van der Waals surface area contributed by atoms with Crippen LogP contribution < -0.4 is 20.7 Å². The summed E-state index contributed by atoms with van der Waals surface area (Å²) in [5, 5.41) is 8.60. The summed E-state index contributed by atoms with van der Waals surface area (Å²) in [5.74, 6) is -0.207. The van der Waals surface area contributed by atoms with Crippen LogP contribution in [0, 0.1) is 0 Å². The molecule has 2 amide bonds. The number of para-hydroxylation sites is 1. The van der Waals surface area contributed by atoms with Crippen LogP contribution in [-0.2, 0) is 6.42 Å². The topological polar surface area (TPSA) is 79.5 Å². The van der Waals surface area contributed by atoms with Crippen molar-refractivity contribution in [1.29, 1.82) is 0 Å². The molecule has 37 heavy (non-hydrogen) atoms. The Morgan fingerprint density at radius 1 is 0.757 bits per heavy atom. The summed E-state index contributed by atoms with van der Waals surface area (Å²) in [6.45, 7) is 0.423. The number of nitrogens with one attached hydrogen (secondary N) is 3. The van der Waals surface area contributed by atoms with Gasteiger partial charge in [-0.25, -0.2) is 0 Å². The molecule has 3 N–H and O–H groups in total. The van der Waals surface area contributed by atoms with Crippen LogP contribution in [0.25, 0.3) is 0 Å². The predicted molar refractivity (Wildman–Crippen MR) is 154 cm³/mol. The van der Waals surface area contributed by atoms with Gasteiger partial charge in [-0.3, -0.25) is 14.9 Å². The highest BCUT2D eigenvalue weighted by Crippen LogP contribution is 2.24. The summed E-state index contributed by atoms with van der Waals surface area (Å²) in [5.41, 5.74) is 3.21. The summed E-state index contributed by atoms with van der Waals surface area (Å²) >= 11 is 8.77. The van der Waals surface area contributed by atoms with Crippen LogP contribution in [0.1, 0.15) is 26.3 Å². The first-order valence-electron chi connectivity index (χ1n) is 11.5. The number of carbonyl (C=O) groups excluding carboxylic acids is 2. The zero-order valence-corrected chi connectivity index (χ0v) is 22.1. The minimum Gasteiger partial charge on any atom is -0.492 e. The molecule has 4 aromatic rings. The maximum absolute atomic E-state index is 13.0. The second-order valence-electron chi connectivity index (χ2n) is 8.03. The zero-order chi connectivity index (χ0) is 26.0. The van der Waals surface area contributed by atoms with E-state index in [-0.39, 0.29) is 11.0 Å². The van der Waals surface area contributed by atoms with Gasteiger partial charge in [-0.05, 0) is 66.3 Å². The SMILES string of the molecule is O=C(Nc1ccccc1)c1cccc(NC(=S)NC(=O)c2cc(Br)ccc2OCCc2ccccc2)c1. The van der Waals surface area contributed by atoms with Gasteiger partial charge in [-0.15, -0.1) is 0 Å². The normalized spacial score (nSPS) is 10.3. The molecule has 0 fully saturated rings. The summed E-state index contributed by atoms with van der Waals surface area (Å²) in [4.78, 5) is 25.6. The van der Waals surface area contributed by atoms with E-state index in [1.165, 1.54) is 0 Å². The zero-order valence-electron chi connectivity index (χ0n) is 19.7. The number of halogens is 1. The summed E-state index contributed by atoms with van der Waals surface area (Å²) in [6, 6.07) is 31.3. The van der Waals surface area contributed by atoms with E-state index in [2.05, 4.69) is 31.9 Å². The first kappa shape index (κ1) is 26.1. The number of amides is 2. The predicted octanol–water partition coefficient (Wildman–Crippen LogP) is 6.45. The van der Waals surface area contributed by atoms with E-state index < -0.39 is 5.91 Å². The molecular weight excluding hydrogens is 550 g/mol. The van der Waals surface area contributed by atoms with E-state index in [1.807, 2.05) is 66.7 Å². The molecule has 0 aromatic heterocycles. The van der Waals surface area contributed by atoms with Gasteiger partial charge in [0.05, 0.1) is 12.2 Å². The van der Waals surface area contributed by atoms with Crippen LogP contribution in [0.3, 0.4) is 0 Å². The highest BCUT2D eigenvalue weighted by atomic mass is 79.9. The van der Waals surface area contributed by atoms with E-state index in [0.717, 1.165) is 10.0 Å². The van der Waals surface area contributed by atoms with Crippen molar-refractivity contribution in [3.05, 3.63) is 124 Å². The lowest BCUT2D eigenvalue weighted by molar-refractivity contribution is 0.0972. The van der Waals surface area contributed by atoms with Crippen LogP contribution in [0.4, 0.5) is 11.4 Å². The number of carbonyl (C=O) groups is 2. The van der Waals surface area contributed by atoms with Crippen molar-refractivity contribution in [2.45, 2.75) is 6.42 Å². The first-order chi connectivity index (χ1) is 18.0. The largest absolute Gasteiger partial charge is 0.492 e. The lowest BCUT2D eigenvalue weighted by atomic mass is 10.1. The highest BCUT2D eigenvalue weighted by molar-refractivity contribution is 9.10. The molecule has 0 aliphatic rings. The van der Waals surface area contributed by atoms with Crippen molar-refractivity contribution in [3.8, 4) is 5.75 Å². The van der Waals surface area contributed by atoms with Gasteiger partial charge in [0, 0.05) is 27.8 Å². The number of hydrogen-bond donors (Lipinski definition) is 3. The van der Waals surface area contributed by atoms with Crippen LogP contribution in [0.15, 0.2) is 108 Å². The molecule has 0 heterocycles. The molecule has 0 aliphatic carbocycles. The molecule has 0 aliphatic heterocycles. The van der Waals surface area contributed by atoms with Gasteiger partial charge in [-0.2, -0.15) is 0 Å². The summed E-state index contributed by atoms with van der Waals surface area (Å²) in [7, 11) is 0. The van der Waals surface area contributed by atoms with Gasteiger partial charge in [0.25, 0.3) is 11.8 Å². The van der Waals surface area contributed by atoms with Crippen molar-refractivity contribution in [1.82, 2.24) is 5.32 Å². The molecule has 0 bridgehead atoms. The fourth-order valence-electron chi connectivity index (χ4n) is 3.52. The second-order valence-corrected chi connectivity index (χ2v) is 9.36. The lowest BCUT2D eigenvalue weighted by Crippen LogP contribution is -2.34. The Kier molecular flexibility index (Phi) is 9.02. The quantitative estimate of drug-likeness (QED) is 0.211. The molecule has 0 radical (unpaired) electrons. The fraction of sp³-hybridized carbons (Fsp3) is 0.0690. The molecule has 0 unspecified atom stereocenters. The Labute approximate surface area is 229 Å². The summed E-state index contributed by atoms with van der Waals surface area (Å²) in [6.07, 6.45) is 0.714. The molecule has 186 valence electrons. The molecule has 8 heteroatoms. The molecule has 0 saturated heterocycles. The molecule has 4 rings (SSSR count). The smallest absolute Gasteiger partial charge is 0.261 e. The van der Waals surface area contributed by atoms with Crippen molar-refractivity contribution >= 4 is 56.4 Å². The van der Waals surface area contributed by atoms with E-state index >= 15 is 0 Å². The van der Waals surface area contributed by atoms with Gasteiger partial charge in [-0.1, -0.05) is 70.5 Å². The fourth-order valence-corrected chi connectivity index (χ4v) is 4.10. The molecule has 0 saturated carbocycles. The van der Waals surface area contributed by atoms with Gasteiger partial charge in [0.2, 0.25) is 0 Å². The van der Waals surface area contributed by atoms with Gasteiger partial charge < -0.3 is 15.4 Å². The average Bonchev–Trinajstić information content (AvgIpc) is 2.90. The third-order valence-electron chi connectivity index (χ3n) is 5.32. The minimum atomic E-state index is -0.411. The molecule has 0 spiro atoms. The van der Waals surface area contributed by atoms with Crippen LogP contribution in [0.5, 0.6) is 5.75 Å². The van der Waals surface area contributed by atoms with E-state index in [4.69, 9.17) is 17.0 Å². The Morgan fingerprint density at radius 2 is 1.46 bits per heavy atom. The molecular formula is C29H24BrN3O3S. The average molecular weight is 575 g/mol. The van der Waals surface area contributed by atoms with Crippen LogP contribution >= 0.6 is 28.1 Å². The van der Waals surface area contributed by atoms with E-state index in [1.54, 1.807) is 36.4 Å². The van der Waals surface area contributed by atoms with Crippen molar-refractivity contribution in [2.24, 2.45) is 0 Å². The maximum atomic E-state index is 13.0. The third kappa shape index (κ3) is 7.73. The van der Waals surface area contributed by atoms with E-state index in [9.17, 15) is 9.59 Å². The number of thiocarbonyl (C=S) groups is 1. The third-order valence-corrected chi connectivity index (χ3v) is 6.02. The lowest BCUT2D eigenvalue weighted by Gasteiger charge is -2.14. The van der Waals surface area contributed by atoms with Crippen molar-refractivity contribution in [2.75, 3.05) is 17.2 Å². The Morgan fingerprint density at radius 3 is 2.22 bits per heavy atom. The molecule has 0 atom stereocenters. The number of ether oxygens (including phenoxy) is 1. The standard InChI is InChI=1S/C29H24BrN3O3S/c30-22-14-15-26(36-17-16-20-8-3-1-4-9-20)25(19-22)28(35)33-29(37)32-24-13-7-10-21(18-24)27(34)31-23-11-5-2-6-12-23/h1-15,18-19H,16-17H2,(H,31,34)(H2,32,33,35,37). The van der Waals surface area contributed by atoms with Crippen molar-refractivity contribution in [3.63, 3.8) is 0 Å². The summed E-state index contributed by atoms with van der Waals surface area (Å²) < 4.78 is 6.66. The number of benzene rings is 4. The number of anilines is 2. The Hall–Kier alpha value is -4.01. The highest BCUT2D eigenvalue weighted by Gasteiger charge is 2.15. The minimum absolute atomic E-state index is 0.0980. The van der Waals surface area contributed by atoms with Gasteiger partial charge in [0.1, 0.15) is 5.75 Å².